The van der Waals surface area contributed by atoms with Gasteiger partial charge < -0.3 is 9.47 Å². The lowest BCUT2D eigenvalue weighted by Crippen LogP contribution is -2.23. The molecule has 0 aliphatic carbocycles. The van der Waals surface area contributed by atoms with Crippen LogP contribution in [-0.2, 0) is 11.3 Å². The fraction of sp³-hybridized carbons (Fsp3) is 0.214. The summed E-state index contributed by atoms with van der Waals surface area (Å²) in [6.07, 6.45) is 0. The first kappa shape index (κ1) is 13.8. The molecule has 0 atom stereocenters. The standard InChI is InChI=1S/C14H14N2O4/c1-19-12-7-8-13(17)16(15-12)9-10-5-3-4-6-11(10)14(18)20-2/h3-8H,9H2,1-2H3. The third-order valence-electron chi connectivity index (χ3n) is 2.79. The monoisotopic (exact) mass is 274 g/mol. The molecule has 0 saturated heterocycles. The predicted molar refractivity (Wildman–Crippen MR) is 71.9 cm³/mol. The van der Waals surface area contributed by atoms with Gasteiger partial charge in [0.1, 0.15) is 0 Å². The normalized spacial score (nSPS) is 10.1. The summed E-state index contributed by atoms with van der Waals surface area (Å²) in [5.41, 5.74) is 0.791. The van der Waals surface area contributed by atoms with Crippen LogP contribution in [0.5, 0.6) is 5.88 Å². The highest BCUT2D eigenvalue weighted by Crippen LogP contribution is 2.11. The molecular weight excluding hydrogens is 260 g/mol. The minimum atomic E-state index is -0.448. The molecule has 0 saturated carbocycles. The summed E-state index contributed by atoms with van der Waals surface area (Å²) >= 11 is 0. The topological polar surface area (TPSA) is 70.4 Å². The van der Waals surface area contributed by atoms with Gasteiger partial charge in [-0.3, -0.25) is 4.79 Å². The Hall–Kier alpha value is -2.63. The van der Waals surface area contributed by atoms with Crippen molar-refractivity contribution in [3.05, 3.63) is 57.9 Å². The van der Waals surface area contributed by atoms with E-state index in [1.165, 1.54) is 31.0 Å². The zero-order chi connectivity index (χ0) is 14.5. The van der Waals surface area contributed by atoms with Crippen molar-refractivity contribution < 1.29 is 14.3 Å². The molecule has 0 fully saturated rings. The van der Waals surface area contributed by atoms with Gasteiger partial charge in [-0.05, 0) is 11.6 Å². The minimum absolute atomic E-state index is 0.168. The summed E-state index contributed by atoms with van der Waals surface area (Å²) in [5.74, 6) is -0.114. The smallest absolute Gasteiger partial charge is 0.338 e. The molecule has 1 heterocycles. The number of hydrogen-bond donors (Lipinski definition) is 0. The highest BCUT2D eigenvalue weighted by molar-refractivity contribution is 5.90. The third kappa shape index (κ3) is 2.85. The number of nitrogens with zero attached hydrogens (tertiary/aromatic N) is 2. The van der Waals surface area contributed by atoms with Crippen molar-refractivity contribution in [2.75, 3.05) is 14.2 Å². The molecule has 0 spiro atoms. The molecule has 0 radical (unpaired) electrons. The largest absolute Gasteiger partial charge is 0.480 e. The van der Waals surface area contributed by atoms with Gasteiger partial charge in [-0.1, -0.05) is 18.2 Å². The first-order valence-corrected chi connectivity index (χ1v) is 5.94. The maximum Gasteiger partial charge on any atom is 0.338 e. The van der Waals surface area contributed by atoms with Crippen molar-refractivity contribution in [3.8, 4) is 5.88 Å². The lowest BCUT2D eigenvalue weighted by Gasteiger charge is -2.09. The van der Waals surface area contributed by atoms with E-state index in [9.17, 15) is 9.59 Å². The van der Waals surface area contributed by atoms with Crippen LogP contribution in [0.2, 0.25) is 0 Å². The van der Waals surface area contributed by atoms with E-state index in [4.69, 9.17) is 9.47 Å². The Kier molecular flexibility index (Phi) is 4.14. The Labute approximate surface area is 115 Å². The van der Waals surface area contributed by atoms with E-state index in [1.54, 1.807) is 24.3 Å². The number of benzene rings is 1. The molecule has 1 aromatic heterocycles. The molecule has 104 valence electrons. The minimum Gasteiger partial charge on any atom is -0.480 e. The molecule has 0 bridgehead atoms. The van der Waals surface area contributed by atoms with Gasteiger partial charge in [0, 0.05) is 12.1 Å². The molecule has 0 unspecified atom stereocenters. The number of carbonyl (C=O) groups is 1. The Balaban J connectivity index is 2.40. The molecule has 0 aliphatic rings. The van der Waals surface area contributed by atoms with Crippen LogP contribution in [-0.4, -0.2) is 30.0 Å². The van der Waals surface area contributed by atoms with E-state index in [-0.39, 0.29) is 12.1 Å². The van der Waals surface area contributed by atoms with Crippen LogP contribution in [0.4, 0.5) is 0 Å². The number of carbonyl (C=O) groups excluding carboxylic acids is 1. The number of methoxy groups -OCH3 is 2. The zero-order valence-electron chi connectivity index (χ0n) is 11.2. The van der Waals surface area contributed by atoms with Crippen molar-refractivity contribution >= 4 is 5.97 Å². The zero-order valence-corrected chi connectivity index (χ0v) is 11.2. The summed E-state index contributed by atoms with van der Waals surface area (Å²) in [4.78, 5) is 23.4. The average Bonchev–Trinajstić information content (AvgIpc) is 2.49. The number of ether oxygens (including phenoxy) is 2. The SMILES string of the molecule is COC(=O)c1ccccc1Cn1nc(OC)ccc1=O. The van der Waals surface area contributed by atoms with Gasteiger partial charge in [0.15, 0.2) is 0 Å². The Morgan fingerprint density at radius 3 is 2.65 bits per heavy atom. The van der Waals surface area contributed by atoms with Gasteiger partial charge in [0.05, 0.1) is 26.3 Å². The molecule has 0 N–H and O–H groups in total. The van der Waals surface area contributed by atoms with Crippen LogP contribution in [0, 0.1) is 0 Å². The van der Waals surface area contributed by atoms with Crippen molar-refractivity contribution in [1.29, 1.82) is 0 Å². The second-order valence-corrected chi connectivity index (χ2v) is 4.02. The molecule has 20 heavy (non-hydrogen) atoms. The van der Waals surface area contributed by atoms with Crippen LogP contribution in [0.15, 0.2) is 41.2 Å². The summed E-state index contributed by atoms with van der Waals surface area (Å²) in [6, 6.07) is 9.77. The Morgan fingerprint density at radius 1 is 1.20 bits per heavy atom. The maximum atomic E-state index is 11.8. The second kappa shape index (κ2) is 6.01. The van der Waals surface area contributed by atoms with Gasteiger partial charge in [-0.15, -0.1) is 5.10 Å². The van der Waals surface area contributed by atoms with E-state index in [0.717, 1.165) is 0 Å². The Morgan fingerprint density at radius 2 is 1.95 bits per heavy atom. The van der Waals surface area contributed by atoms with Gasteiger partial charge in [0.25, 0.3) is 5.56 Å². The molecule has 1 aromatic carbocycles. The maximum absolute atomic E-state index is 11.8. The second-order valence-electron chi connectivity index (χ2n) is 4.02. The summed E-state index contributed by atoms with van der Waals surface area (Å²) < 4.78 is 10.9. The van der Waals surface area contributed by atoms with Gasteiger partial charge in [-0.2, -0.15) is 0 Å². The number of hydrogen-bond acceptors (Lipinski definition) is 5. The number of aromatic nitrogens is 2. The lowest BCUT2D eigenvalue weighted by molar-refractivity contribution is 0.0599. The van der Waals surface area contributed by atoms with Crippen LogP contribution in [0.1, 0.15) is 15.9 Å². The quantitative estimate of drug-likeness (QED) is 0.780. The van der Waals surface area contributed by atoms with E-state index in [2.05, 4.69) is 5.10 Å². The highest BCUT2D eigenvalue weighted by Gasteiger charge is 2.12. The molecule has 0 amide bonds. The van der Waals surface area contributed by atoms with Crippen molar-refractivity contribution in [2.45, 2.75) is 6.54 Å². The van der Waals surface area contributed by atoms with E-state index in [0.29, 0.717) is 17.0 Å². The summed E-state index contributed by atoms with van der Waals surface area (Å²) in [5, 5.41) is 4.04. The van der Waals surface area contributed by atoms with E-state index in [1.807, 2.05) is 0 Å². The number of rotatable bonds is 4. The molecule has 6 heteroatoms. The fourth-order valence-corrected chi connectivity index (χ4v) is 1.78. The predicted octanol–water partition coefficient (Wildman–Crippen LogP) is 1.09. The Bertz CT molecular complexity index is 679. The molecule has 2 rings (SSSR count). The molecular formula is C14H14N2O4. The van der Waals surface area contributed by atoms with E-state index >= 15 is 0 Å². The van der Waals surface area contributed by atoms with E-state index < -0.39 is 5.97 Å². The molecule has 6 nitrogen and oxygen atoms in total. The van der Waals surface area contributed by atoms with Crippen LogP contribution < -0.4 is 10.3 Å². The van der Waals surface area contributed by atoms with Gasteiger partial charge >= 0.3 is 5.97 Å². The molecule has 0 aliphatic heterocycles. The van der Waals surface area contributed by atoms with Gasteiger partial charge in [0.2, 0.25) is 5.88 Å². The van der Waals surface area contributed by atoms with Crippen LogP contribution in [0.25, 0.3) is 0 Å². The van der Waals surface area contributed by atoms with Crippen molar-refractivity contribution in [3.63, 3.8) is 0 Å². The van der Waals surface area contributed by atoms with Crippen molar-refractivity contribution in [2.24, 2.45) is 0 Å². The molecule has 2 aromatic rings. The average molecular weight is 274 g/mol. The first-order valence-electron chi connectivity index (χ1n) is 5.94. The van der Waals surface area contributed by atoms with Crippen molar-refractivity contribution in [1.82, 2.24) is 9.78 Å². The lowest BCUT2D eigenvalue weighted by atomic mass is 10.1. The summed E-state index contributed by atoms with van der Waals surface area (Å²) in [7, 11) is 2.79. The number of esters is 1. The summed E-state index contributed by atoms with van der Waals surface area (Å²) in [6.45, 7) is 0.168. The first-order chi connectivity index (χ1) is 9.65. The van der Waals surface area contributed by atoms with Crippen LogP contribution >= 0.6 is 0 Å². The third-order valence-corrected chi connectivity index (χ3v) is 2.79. The van der Waals surface area contributed by atoms with Gasteiger partial charge in [-0.25, -0.2) is 9.48 Å². The van der Waals surface area contributed by atoms with Crippen LogP contribution in [0.3, 0.4) is 0 Å². The fourth-order valence-electron chi connectivity index (χ4n) is 1.78. The highest BCUT2D eigenvalue weighted by atomic mass is 16.5.